The maximum absolute atomic E-state index is 8.43. The van der Waals surface area contributed by atoms with Crippen molar-refractivity contribution in [2.45, 2.75) is 6.04 Å². The van der Waals surface area contributed by atoms with Crippen molar-refractivity contribution in [3.63, 3.8) is 0 Å². The normalized spacial score (nSPS) is 13.0. The molecule has 0 radical (unpaired) electrons. The van der Waals surface area contributed by atoms with E-state index in [1.807, 2.05) is 19.0 Å². The fourth-order valence-corrected chi connectivity index (χ4v) is 0.527. The Morgan fingerprint density at radius 3 is 2.11 bits per heavy atom. The van der Waals surface area contributed by atoms with Crippen LogP contribution in [-0.2, 0) is 0 Å². The van der Waals surface area contributed by atoms with E-state index in [9.17, 15) is 0 Å². The molecular weight excluding hydrogens is 140 g/mol. The summed E-state index contributed by atoms with van der Waals surface area (Å²) in [5, 5.41) is 8.43. The highest BCUT2D eigenvalue weighted by molar-refractivity contribution is 5.85. The number of rotatable bonds is 3. The molecule has 3 N–H and O–H groups in total. The van der Waals surface area contributed by atoms with Crippen molar-refractivity contribution in [3.8, 4) is 0 Å². The lowest BCUT2D eigenvalue weighted by Gasteiger charge is -2.13. The molecule has 58 valence electrons. The Bertz CT molecular complexity index is 60.9. The van der Waals surface area contributed by atoms with Gasteiger partial charge in [-0.1, -0.05) is 0 Å². The van der Waals surface area contributed by atoms with Crippen LogP contribution in [0.4, 0.5) is 0 Å². The molecule has 0 aromatic rings. The van der Waals surface area contributed by atoms with Crippen LogP contribution in [-0.4, -0.2) is 43.3 Å². The number of hydrogen-bond acceptors (Lipinski definition) is 3. The first-order chi connectivity index (χ1) is 3.66. The predicted octanol–water partition coefficient (Wildman–Crippen LogP) is -0.711. The monoisotopic (exact) mass is 154 g/mol. The minimum absolute atomic E-state index is 0. The third-order valence-corrected chi connectivity index (χ3v) is 0.834. The van der Waals surface area contributed by atoms with Gasteiger partial charge in [0.25, 0.3) is 0 Å². The lowest BCUT2D eigenvalue weighted by atomic mass is 10.3. The Hall–Kier alpha value is 0.170. The standard InChI is InChI=1S/C5H14N2O.ClH/c1-7(2)3-5(6)4-8;/h5,8H,3-4,6H2,1-2H3;1H. The van der Waals surface area contributed by atoms with Gasteiger partial charge in [0.1, 0.15) is 0 Å². The van der Waals surface area contributed by atoms with Gasteiger partial charge >= 0.3 is 0 Å². The van der Waals surface area contributed by atoms with Gasteiger partial charge in [-0.3, -0.25) is 0 Å². The Kier molecular flexibility index (Phi) is 8.32. The molecule has 0 aromatic heterocycles. The van der Waals surface area contributed by atoms with Crippen LogP contribution in [0.3, 0.4) is 0 Å². The smallest absolute Gasteiger partial charge is 0.0595 e. The third kappa shape index (κ3) is 8.17. The van der Waals surface area contributed by atoms with Gasteiger partial charge in [0, 0.05) is 12.6 Å². The zero-order valence-corrected chi connectivity index (χ0v) is 6.69. The summed E-state index contributed by atoms with van der Waals surface area (Å²) in [6.45, 7) is 0.814. The van der Waals surface area contributed by atoms with Gasteiger partial charge in [-0.05, 0) is 14.1 Å². The average molecular weight is 155 g/mol. The van der Waals surface area contributed by atoms with Gasteiger partial charge in [0.15, 0.2) is 0 Å². The first-order valence-electron chi connectivity index (χ1n) is 2.68. The molecule has 0 bridgehead atoms. The van der Waals surface area contributed by atoms with E-state index >= 15 is 0 Å². The summed E-state index contributed by atoms with van der Waals surface area (Å²) in [6, 6.07) is -0.0926. The van der Waals surface area contributed by atoms with Crippen molar-refractivity contribution in [2.24, 2.45) is 5.73 Å². The second-order valence-electron chi connectivity index (χ2n) is 2.20. The van der Waals surface area contributed by atoms with E-state index in [0.29, 0.717) is 0 Å². The molecule has 0 amide bonds. The summed E-state index contributed by atoms with van der Waals surface area (Å²) in [6.07, 6.45) is 0. The van der Waals surface area contributed by atoms with Crippen molar-refractivity contribution in [1.82, 2.24) is 4.90 Å². The highest BCUT2D eigenvalue weighted by atomic mass is 35.5. The summed E-state index contributed by atoms with van der Waals surface area (Å²) in [5.41, 5.74) is 5.38. The molecule has 9 heavy (non-hydrogen) atoms. The lowest BCUT2D eigenvalue weighted by molar-refractivity contribution is 0.236. The molecule has 0 heterocycles. The van der Waals surface area contributed by atoms with E-state index < -0.39 is 0 Å². The number of likely N-dealkylation sites (N-methyl/N-ethyl adjacent to an activating group) is 1. The molecule has 0 spiro atoms. The van der Waals surface area contributed by atoms with Crippen LogP contribution >= 0.6 is 12.4 Å². The molecule has 0 saturated heterocycles. The summed E-state index contributed by atoms with van der Waals surface area (Å²) in [7, 11) is 3.85. The molecule has 0 aliphatic heterocycles. The number of aliphatic hydroxyl groups excluding tert-OH is 1. The van der Waals surface area contributed by atoms with Crippen LogP contribution in [0.25, 0.3) is 0 Å². The summed E-state index contributed by atoms with van der Waals surface area (Å²) < 4.78 is 0. The summed E-state index contributed by atoms with van der Waals surface area (Å²) in [5.74, 6) is 0. The lowest BCUT2D eigenvalue weighted by Crippen LogP contribution is -2.35. The number of halogens is 1. The number of nitrogens with zero attached hydrogens (tertiary/aromatic N) is 1. The Morgan fingerprint density at radius 2 is 2.00 bits per heavy atom. The summed E-state index contributed by atoms with van der Waals surface area (Å²) >= 11 is 0. The third-order valence-electron chi connectivity index (χ3n) is 0.834. The molecule has 0 saturated carbocycles. The number of nitrogens with two attached hydrogens (primary N) is 1. The quantitative estimate of drug-likeness (QED) is 0.565. The average Bonchev–Trinajstić information content (AvgIpc) is 1.65. The van der Waals surface area contributed by atoms with E-state index in [1.165, 1.54) is 0 Å². The highest BCUT2D eigenvalue weighted by Crippen LogP contribution is 1.78. The van der Waals surface area contributed by atoms with Crippen LogP contribution in [0.15, 0.2) is 0 Å². The molecule has 1 unspecified atom stereocenters. The molecule has 3 nitrogen and oxygen atoms in total. The minimum Gasteiger partial charge on any atom is -0.395 e. The Morgan fingerprint density at radius 1 is 1.56 bits per heavy atom. The molecule has 1 atom stereocenters. The van der Waals surface area contributed by atoms with Gasteiger partial charge in [0.2, 0.25) is 0 Å². The van der Waals surface area contributed by atoms with E-state index in [-0.39, 0.29) is 25.1 Å². The van der Waals surface area contributed by atoms with Gasteiger partial charge in [-0.15, -0.1) is 12.4 Å². The van der Waals surface area contributed by atoms with E-state index in [4.69, 9.17) is 10.8 Å². The second-order valence-corrected chi connectivity index (χ2v) is 2.20. The zero-order chi connectivity index (χ0) is 6.57. The molecule has 4 heteroatoms. The van der Waals surface area contributed by atoms with Crippen molar-refractivity contribution >= 4 is 12.4 Å². The maximum atomic E-state index is 8.43. The van der Waals surface area contributed by atoms with Crippen LogP contribution in [0.1, 0.15) is 0 Å². The molecule has 0 aliphatic carbocycles. The van der Waals surface area contributed by atoms with Crippen molar-refractivity contribution in [2.75, 3.05) is 27.2 Å². The van der Waals surface area contributed by atoms with E-state index in [0.717, 1.165) is 6.54 Å². The van der Waals surface area contributed by atoms with Crippen molar-refractivity contribution < 1.29 is 5.11 Å². The van der Waals surface area contributed by atoms with Gasteiger partial charge in [-0.25, -0.2) is 0 Å². The van der Waals surface area contributed by atoms with Gasteiger partial charge < -0.3 is 15.7 Å². The Labute approximate surface area is 62.2 Å². The fraction of sp³-hybridized carbons (Fsp3) is 1.00. The molecule has 0 fully saturated rings. The first kappa shape index (κ1) is 11.9. The highest BCUT2D eigenvalue weighted by Gasteiger charge is 1.98. The second kappa shape index (κ2) is 6.29. The number of hydrogen-bond donors (Lipinski definition) is 2. The van der Waals surface area contributed by atoms with Crippen molar-refractivity contribution in [1.29, 1.82) is 0 Å². The predicted molar refractivity (Wildman–Crippen MR) is 40.9 cm³/mol. The largest absolute Gasteiger partial charge is 0.395 e. The maximum Gasteiger partial charge on any atom is 0.0595 e. The van der Waals surface area contributed by atoms with Crippen LogP contribution in [0.2, 0.25) is 0 Å². The molecule has 0 rings (SSSR count). The van der Waals surface area contributed by atoms with Crippen molar-refractivity contribution in [3.05, 3.63) is 0 Å². The molecule has 0 aliphatic rings. The Balaban J connectivity index is 0. The molecule has 0 aromatic carbocycles. The van der Waals surface area contributed by atoms with Crippen LogP contribution in [0.5, 0.6) is 0 Å². The zero-order valence-electron chi connectivity index (χ0n) is 5.87. The number of aliphatic hydroxyl groups is 1. The SMILES string of the molecule is CN(C)CC(N)CO.Cl. The summed E-state index contributed by atoms with van der Waals surface area (Å²) in [4.78, 5) is 1.95. The first-order valence-corrected chi connectivity index (χ1v) is 2.68. The van der Waals surface area contributed by atoms with Gasteiger partial charge in [0.05, 0.1) is 6.61 Å². The fourth-order valence-electron chi connectivity index (χ4n) is 0.527. The molecular formula is C5H15ClN2O. The topological polar surface area (TPSA) is 49.5 Å². The van der Waals surface area contributed by atoms with Crippen LogP contribution in [0, 0.1) is 0 Å². The van der Waals surface area contributed by atoms with Crippen LogP contribution < -0.4 is 5.73 Å². The van der Waals surface area contributed by atoms with E-state index in [1.54, 1.807) is 0 Å². The minimum atomic E-state index is -0.0926. The van der Waals surface area contributed by atoms with Gasteiger partial charge in [-0.2, -0.15) is 0 Å². The van der Waals surface area contributed by atoms with E-state index in [2.05, 4.69) is 0 Å².